The van der Waals surface area contributed by atoms with Crippen molar-refractivity contribution in [2.24, 2.45) is 5.73 Å². The smallest absolute Gasteiger partial charge is 0.257 e. The monoisotopic (exact) mass is 371 g/mol. The number of phenols is 1. The summed E-state index contributed by atoms with van der Waals surface area (Å²) in [6.45, 7) is 4.62. The molecule has 5 nitrogen and oxygen atoms in total. The number of hydrogen-bond donors (Lipinski definition) is 2. The van der Waals surface area contributed by atoms with Gasteiger partial charge in [0.1, 0.15) is 5.75 Å². The number of phenolic OH excluding ortho intramolecular Hbond substituents is 1. The van der Waals surface area contributed by atoms with E-state index < -0.39 is 0 Å². The van der Waals surface area contributed by atoms with Gasteiger partial charge in [0.2, 0.25) is 0 Å². The molecule has 0 radical (unpaired) electrons. The van der Waals surface area contributed by atoms with Crippen molar-refractivity contribution < 1.29 is 9.90 Å². The second kappa shape index (κ2) is 6.72. The Morgan fingerprint density at radius 2 is 2.00 bits per heavy atom. The average Bonchev–Trinajstić information content (AvgIpc) is 2.46. The normalized spacial score (nSPS) is 17.5. The Kier molecular flexibility index (Phi) is 5.18. The van der Waals surface area contributed by atoms with Crippen LogP contribution in [0.5, 0.6) is 5.75 Å². The summed E-state index contributed by atoms with van der Waals surface area (Å²) in [5.74, 6) is -0.157. The number of halogens is 1. The van der Waals surface area contributed by atoms with E-state index in [1.54, 1.807) is 17.0 Å². The molecule has 1 amide bonds. The van der Waals surface area contributed by atoms with Crippen LogP contribution < -0.4 is 5.73 Å². The fourth-order valence-electron chi connectivity index (χ4n) is 2.35. The predicted molar refractivity (Wildman–Crippen MR) is 89.5 cm³/mol. The van der Waals surface area contributed by atoms with Crippen molar-refractivity contribution in [1.29, 1.82) is 0 Å². The average molecular weight is 372 g/mol. The first-order chi connectivity index (χ1) is 9.90. The third-order valence-corrected chi connectivity index (χ3v) is 4.59. The van der Waals surface area contributed by atoms with Gasteiger partial charge in [-0.3, -0.25) is 9.69 Å². The summed E-state index contributed by atoms with van der Waals surface area (Å²) in [5, 5.41) is 9.88. The van der Waals surface area contributed by atoms with Crippen LogP contribution in [0.2, 0.25) is 0 Å². The topological polar surface area (TPSA) is 69.8 Å². The summed E-state index contributed by atoms with van der Waals surface area (Å²) < 4.78 is 0.742. The number of carbonyl (C=O) groups excluding carboxylic acids is 1. The summed E-state index contributed by atoms with van der Waals surface area (Å²) in [6, 6.07) is 4.95. The molecule has 0 saturated carbocycles. The molecule has 1 aliphatic heterocycles. The lowest BCUT2D eigenvalue weighted by atomic mass is 10.1. The van der Waals surface area contributed by atoms with Gasteiger partial charge in [-0.05, 0) is 25.1 Å². The van der Waals surface area contributed by atoms with E-state index in [1.165, 1.54) is 6.07 Å². The van der Waals surface area contributed by atoms with Gasteiger partial charge < -0.3 is 15.7 Å². The minimum Gasteiger partial charge on any atom is -0.507 e. The quantitative estimate of drug-likeness (QED) is 0.789. The molecule has 1 heterocycles. The van der Waals surface area contributed by atoms with E-state index in [9.17, 15) is 9.90 Å². The Balaban J connectivity index is 2.02. The molecule has 0 aromatic heterocycles. The summed E-state index contributed by atoms with van der Waals surface area (Å²) >= 11 is 8.27. The van der Waals surface area contributed by atoms with Crippen molar-refractivity contribution in [3.05, 3.63) is 28.2 Å². The number of hydrogen-bond acceptors (Lipinski definition) is 4. The van der Waals surface area contributed by atoms with Crippen LogP contribution in [-0.2, 0) is 0 Å². The van der Waals surface area contributed by atoms with E-state index in [-0.39, 0.29) is 17.7 Å². The fourth-order valence-corrected chi connectivity index (χ4v) is 2.85. The zero-order valence-corrected chi connectivity index (χ0v) is 14.2. The highest BCUT2D eigenvalue weighted by molar-refractivity contribution is 9.10. The summed E-state index contributed by atoms with van der Waals surface area (Å²) in [5.41, 5.74) is 5.99. The molecule has 1 unspecified atom stereocenters. The highest BCUT2D eigenvalue weighted by atomic mass is 79.9. The molecule has 2 rings (SSSR count). The molecule has 114 valence electrons. The first-order valence-electron chi connectivity index (χ1n) is 6.71. The zero-order valence-electron chi connectivity index (χ0n) is 11.8. The number of aromatic hydroxyl groups is 1. The maximum absolute atomic E-state index is 12.4. The predicted octanol–water partition coefficient (Wildman–Crippen LogP) is 1.59. The Bertz CT molecular complexity index is 559. The summed E-state index contributed by atoms with van der Waals surface area (Å²) in [7, 11) is 0. The lowest BCUT2D eigenvalue weighted by Crippen LogP contribution is -2.53. The third kappa shape index (κ3) is 3.72. The SMILES string of the molecule is CC(C(N)=S)N1CCN(C(=O)c2ccc(Br)cc2O)CC1. The van der Waals surface area contributed by atoms with E-state index in [0.717, 1.165) is 17.6 Å². The Labute approximate surface area is 137 Å². The second-order valence-corrected chi connectivity index (χ2v) is 6.46. The molecule has 7 heteroatoms. The van der Waals surface area contributed by atoms with Gasteiger partial charge in [-0.25, -0.2) is 0 Å². The van der Waals surface area contributed by atoms with Crippen LogP contribution in [0.3, 0.4) is 0 Å². The zero-order chi connectivity index (χ0) is 15.6. The summed E-state index contributed by atoms with van der Waals surface area (Å²) in [6.07, 6.45) is 0. The molecule has 1 aromatic carbocycles. The van der Waals surface area contributed by atoms with Crippen LogP contribution in [0.25, 0.3) is 0 Å². The van der Waals surface area contributed by atoms with Crippen LogP contribution in [0.15, 0.2) is 22.7 Å². The van der Waals surface area contributed by atoms with E-state index in [0.29, 0.717) is 23.6 Å². The first kappa shape index (κ1) is 16.2. The van der Waals surface area contributed by atoms with Gasteiger partial charge in [0.25, 0.3) is 5.91 Å². The molecule has 1 saturated heterocycles. The minimum atomic E-state index is -0.150. The molecule has 1 atom stereocenters. The van der Waals surface area contributed by atoms with Crippen LogP contribution >= 0.6 is 28.1 Å². The van der Waals surface area contributed by atoms with E-state index >= 15 is 0 Å². The van der Waals surface area contributed by atoms with Crippen LogP contribution in [-0.4, -0.2) is 58.0 Å². The number of nitrogens with two attached hydrogens (primary N) is 1. The van der Waals surface area contributed by atoms with Crippen LogP contribution in [0, 0.1) is 0 Å². The molecule has 0 spiro atoms. The van der Waals surface area contributed by atoms with Gasteiger partial charge >= 0.3 is 0 Å². The molecule has 0 bridgehead atoms. The highest BCUT2D eigenvalue weighted by Crippen LogP contribution is 2.24. The fraction of sp³-hybridized carbons (Fsp3) is 0.429. The van der Waals surface area contributed by atoms with Gasteiger partial charge in [-0.1, -0.05) is 28.1 Å². The number of amides is 1. The Morgan fingerprint density at radius 1 is 1.38 bits per heavy atom. The number of thiocarbonyl (C=S) groups is 1. The van der Waals surface area contributed by atoms with Gasteiger partial charge in [0, 0.05) is 30.7 Å². The molecular formula is C14H18BrN3O2S. The minimum absolute atomic E-state index is 0.00620. The Morgan fingerprint density at radius 3 is 2.52 bits per heavy atom. The number of benzene rings is 1. The van der Waals surface area contributed by atoms with Gasteiger partial charge in [0.05, 0.1) is 16.6 Å². The van der Waals surface area contributed by atoms with Gasteiger partial charge in [0.15, 0.2) is 0 Å². The molecule has 21 heavy (non-hydrogen) atoms. The summed E-state index contributed by atoms with van der Waals surface area (Å²) in [4.78, 5) is 16.8. The van der Waals surface area contributed by atoms with Crippen molar-refractivity contribution in [3.8, 4) is 5.75 Å². The highest BCUT2D eigenvalue weighted by Gasteiger charge is 2.26. The van der Waals surface area contributed by atoms with Crippen molar-refractivity contribution in [2.75, 3.05) is 26.2 Å². The van der Waals surface area contributed by atoms with Crippen molar-refractivity contribution in [2.45, 2.75) is 13.0 Å². The first-order valence-corrected chi connectivity index (χ1v) is 7.91. The second-order valence-electron chi connectivity index (χ2n) is 5.07. The van der Waals surface area contributed by atoms with E-state index in [1.807, 2.05) is 6.92 Å². The molecular weight excluding hydrogens is 354 g/mol. The van der Waals surface area contributed by atoms with Crippen molar-refractivity contribution in [1.82, 2.24) is 9.80 Å². The van der Waals surface area contributed by atoms with Gasteiger partial charge in [-0.15, -0.1) is 0 Å². The van der Waals surface area contributed by atoms with Crippen LogP contribution in [0.4, 0.5) is 0 Å². The molecule has 3 N–H and O–H groups in total. The maximum atomic E-state index is 12.4. The number of nitrogens with zero attached hydrogens (tertiary/aromatic N) is 2. The largest absolute Gasteiger partial charge is 0.507 e. The van der Waals surface area contributed by atoms with Crippen LogP contribution in [0.1, 0.15) is 17.3 Å². The standard InChI is InChI=1S/C14H18BrN3O2S/c1-9(13(16)21)17-4-6-18(7-5-17)14(20)11-3-2-10(15)8-12(11)19/h2-3,8-9,19H,4-7H2,1H3,(H2,16,21). The van der Waals surface area contributed by atoms with Crippen molar-refractivity contribution >= 4 is 39.0 Å². The number of rotatable bonds is 3. The van der Waals surface area contributed by atoms with Crippen molar-refractivity contribution in [3.63, 3.8) is 0 Å². The lowest BCUT2D eigenvalue weighted by molar-refractivity contribution is 0.0619. The maximum Gasteiger partial charge on any atom is 0.257 e. The third-order valence-electron chi connectivity index (χ3n) is 3.75. The molecule has 0 aliphatic carbocycles. The number of carbonyl (C=O) groups is 1. The molecule has 1 fully saturated rings. The molecule has 1 aromatic rings. The number of piperazine rings is 1. The van der Waals surface area contributed by atoms with E-state index in [2.05, 4.69) is 20.8 Å². The van der Waals surface area contributed by atoms with E-state index in [4.69, 9.17) is 18.0 Å². The molecule has 1 aliphatic rings. The Hall–Kier alpha value is -1.18. The van der Waals surface area contributed by atoms with Gasteiger partial charge in [-0.2, -0.15) is 0 Å². The lowest BCUT2D eigenvalue weighted by Gasteiger charge is -2.37.